The van der Waals surface area contributed by atoms with Crippen molar-refractivity contribution in [3.05, 3.63) is 48.0 Å². The quantitative estimate of drug-likeness (QED) is 0.906. The number of aliphatic carboxylic acids is 1. The van der Waals surface area contributed by atoms with Gasteiger partial charge in [0.25, 0.3) is 0 Å². The zero-order valence-electron chi connectivity index (χ0n) is 11.7. The number of benzene rings is 2. The van der Waals surface area contributed by atoms with E-state index in [1.807, 2.05) is 19.2 Å². The maximum absolute atomic E-state index is 11.3. The van der Waals surface area contributed by atoms with Gasteiger partial charge in [-0.2, -0.15) is 0 Å². The fourth-order valence-electron chi connectivity index (χ4n) is 2.88. The topological polar surface area (TPSA) is 40.5 Å². The molecule has 3 nitrogen and oxygen atoms in total. The number of fused-ring (bicyclic) bond motifs is 1. The van der Waals surface area contributed by atoms with Gasteiger partial charge >= 0.3 is 5.97 Å². The Balaban J connectivity index is 1.78. The highest BCUT2D eigenvalue weighted by atomic mass is 16.4. The Labute approximate surface area is 118 Å². The first-order chi connectivity index (χ1) is 9.61. The number of hydrogen-bond acceptors (Lipinski definition) is 2. The van der Waals surface area contributed by atoms with Crippen molar-refractivity contribution in [2.75, 3.05) is 13.6 Å². The Bertz CT molecular complexity index is 641. The summed E-state index contributed by atoms with van der Waals surface area (Å²) in [5, 5.41) is 11.7. The summed E-state index contributed by atoms with van der Waals surface area (Å²) in [6, 6.07) is 14.6. The number of carboxylic acids is 1. The second-order valence-corrected chi connectivity index (χ2v) is 5.90. The van der Waals surface area contributed by atoms with Crippen molar-refractivity contribution in [1.29, 1.82) is 0 Å². The van der Waals surface area contributed by atoms with Crippen LogP contribution in [0, 0.1) is 5.41 Å². The van der Waals surface area contributed by atoms with Crippen molar-refractivity contribution in [3.8, 4) is 0 Å². The van der Waals surface area contributed by atoms with Crippen LogP contribution in [0.25, 0.3) is 10.8 Å². The van der Waals surface area contributed by atoms with Crippen molar-refractivity contribution >= 4 is 16.7 Å². The molecule has 0 aromatic heterocycles. The molecular weight excluding hydrogens is 250 g/mol. The second kappa shape index (κ2) is 4.91. The number of carbonyl (C=O) groups is 1. The lowest BCUT2D eigenvalue weighted by molar-refractivity contribution is -0.144. The number of rotatable bonds is 5. The normalized spacial score (nSPS) is 16.5. The van der Waals surface area contributed by atoms with Crippen LogP contribution >= 0.6 is 0 Å². The molecule has 1 N–H and O–H groups in total. The molecule has 2 aromatic rings. The van der Waals surface area contributed by atoms with Crippen LogP contribution in [0.15, 0.2) is 42.5 Å². The van der Waals surface area contributed by atoms with Crippen molar-refractivity contribution in [2.45, 2.75) is 19.4 Å². The first-order valence-corrected chi connectivity index (χ1v) is 6.99. The van der Waals surface area contributed by atoms with E-state index in [0.29, 0.717) is 6.54 Å². The molecule has 0 bridgehead atoms. The molecule has 1 aliphatic carbocycles. The highest BCUT2D eigenvalue weighted by molar-refractivity contribution is 5.85. The lowest BCUT2D eigenvalue weighted by Crippen LogP contribution is -2.31. The third-order valence-corrected chi connectivity index (χ3v) is 4.20. The van der Waals surface area contributed by atoms with Crippen molar-refractivity contribution < 1.29 is 9.90 Å². The first-order valence-electron chi connectivity index (χ1n) is 6.99. The summed E-state index contributed by atoms with van der Waals surface area (Å²) >= 11 is 0. The molecule has 3 rings (SSSR count). The van der Waals surface area contributed by atoms with Crippen LogP contribution in [0.1, 0.15) is 18.4 Å². The average Bonchev–Trinajstić information content (AvgIpc) is 3.20. The molecule has 0 amide bonds. The van der Waals surface area contributed by atoms with E-state index in [0.717, 1.165) is 19.4 Å². The first kappa shape index (κ1) is 13.1. The Morgan fingerprint density at radius 1 is 1.20 bits per heavy atom. The van der Waals surface area contributed by atoms with Crippen molar-refractivity contribution in [2.24, 2.45) is 5.41 Å². The molecule has 20 heavy (non-hydrogen) atoms. The number of hydrogen-bond donors (Lipinski definition) is 1. The molecule has 1 aliphatic rings. The summed E-state index contributed by atoms with van der Waals surface area (Å²) in [7, 11) is 2.00. The third-order valence-electron chi connectivity index (χ3n) is 4.20. The molecule has 2 aromatic carbocycles. The summed E-state index contributed by atoms with van der Waals surface area (Å²) in [5.41, 5.74) is 0.770. The lowest BCUT2D eigenvalue weighted by Gasteiger charge is -2.21. The minimum absolute atomic E-state index is 0.487. The fourth-order valence-corrected chi connectivity index (χ4v) is 2.88. The van der Waals surface area contributed by atoms with Gasteiger partial charge in [-0.25, -0.2) is 0 Å². The summed E-state index contributed by atoms with van der Waals surface area (Å²) < 4.78 is 0. The molecule has 0 heterocycles. The average molecular weight is 269 g/mol. The molecule has 0 unspecified atom stereocenters. The van der Waals surface area contributed by atoms with Crippen molar-refractivity contribution in [1.82, 2.24) is 4.90 Å². The Morgan fingerprint density at radius 3 is 2.60 bits per heavy atom. The van der Waals surface area contributed by atoms with Gasteiger partial charge in [-0.05, 0) is 36.2 Å². The van der Waals surface area contributed by atoms with Gasteiger partial charge in [-0.1, -0.05) is 42.5 Å². The summed E-state index contributed by atoms with van der Waals surface area (Å²) in [4.78, 5) is 13.4. The van der Waals surface area contributed by atoms with Crippen LogP contribution in [-0.2, 0) is 11.3 Å². The van der Waals surface area contributed by atoms with Crippen LogP contribution in [0.3, 0.4) is 0 Å². The molecule has 0 saturated heterocycles. The van der Waals surface area contributed by atoms with E-state index >= 15 is 0 Å². The highest BCUT2D eigenvalue weighted by Crippen LogP contribution is 2.46. The van der Waals surface area contributed by atoms with Crippen LogP contribution < -0.4 is 0 Å². The molecule has 0 aliphatic heterocycles. The third kappa shape index (κ3) is 2.41. The minimum atomic E-state index is -0.651. The van der Waals surface area contributed by atoms with Gasteiger partial charge in [0.15, 0.2) is 0 Å². The Kier molecular flexibility index (Phi) is 3.22. The van der Waals surface area contributed by atoms with Crippen LogP contribution in [0.2, 0.25) is 0 Å². The van der Waals surface area contributed by atoms with Crippen LogP contribution in [0.4, 0.5) is 0 Å². The van der Waals surface area contributed by atoms with Gasteiger partial charge < -0.3 is 10.0 Å². The van der Waals surface area contributed by atoms with Crippen LogP contribution in [0.5, 0.6) is 0 Å². The van der Waals surface area contributed by atoms with E-state index in [1.165, 1.54) is 16.3 Å². The smallest absolute Gasteiger partial charge is 0.310 e. The zero-order valence-corrected chi connectivity index (χ0v) is 11.7. The van der Waals surface area contributed by atoms with E-state index < -0.39 is 11.4 Å². The van der Waals surface area contributed by atoms with Crippen LogP contribution in [-0.4, -0.2) is 29.6 Å². The largest absolute Gasteiger partial charge is 0.481 e. The summed E-state index contributed by atoms with van der Waals surface area (Å²) in [6.45, 7) is 1.42. The molecule has 104 valence electrons. The minimum Gasteiger partial charge on any atom is -0.481 e. The second-order valence-electron chi connectivity index (χ2n) is 5.90. The number of carboxylic acid groups (broad SMARTS) is 1. The van der Waals surface area contributed by atoms with Gasteiger partial charge in [0.2, 0.25) is 0 Å². The zero-order chi connectivity index (χ0) is 14.2. The van der Waals surface area contributed by atoms with E-state index in [4.69, 9.17) is 0 Å². The predicted molar refractivity (Wildman–Crippen MR) is 79.6 cm³/mol. The standard InChI is InChI=1S/C17H19NO2/c1-18(12-17(9-10-17)16(19)20)11-14-7-4-6-13-5-2-3-8-15(13)14/h2-8H,9-12H2,1H3,(H,19,20). The van der Waals surface area contributed by atoms with Gasteiger partial charge in [-0.15, -0.1) is 0 Å². The van der Waals surface area contributed by atoms with Gasteiger partial charge in [0, 0.05) is 13.1 Å². The predicted octanol–water partition coefficient (Wildman–Crippen LogP) is 3.14. The molecule has 0 radical (unpaired) electrons. The molecule has 0 atom stereocenters. The molecular formula is C17H19NO2. The molecule has 1 saturated carbocycles. The Hall–Kier alpha value is -1.87. The fraction of sp³-hybridized carbons (Fsp3) is 0.353. The van der Waals surface area contributed by atoms with E-state index in [-0.39, 0.29) is 0 Å². The molecule has 1 fully saturated rings. The van der Waals surface area contributed by atoms with E-state index in [2.05, 4.69) is 35.2 Å². The highest BCUT2D eigenvalue weighted by Gasteiger charge is 2.50. The SMILES string of the molecule is CN(Cc1cccc2ccccc12)CC1(C(=O)O)CC1. The van der Waals surface area contributed by atoms with Gasteiger partial charge in [-0.3, -0.25) is 4.79 Å². The van der Waals surface area contributed by atoms with Crippen molar-refractivity contribution in [3.63, 3.8) is 0 Å². The van der Waals surface area contributed by atoms with Gasteiger partial charge in [0.05, 0.1) is 5.41 Å². The van der Waals surface area contributed by atoms with E-state index in [1.54, 1.807) is 0 Å². The maximum Gasteiger partial charge on any atom is 0.310 e. The number of nitrogens with zero attached hydrogens (tertiary/aromatic N) is 1. The lowest BCUT2D eigenvalue weighted by atomic mass is 10.0. The summed E-state index contributed by atoms with van der Waals surface area (Å²) in [6.07, 6.45) is 1.62. The van der Waals surface area contributed by atoms with Gasteiger partial charge in [0.1, 0.15) is 0 Å². The van der Waals surface area contributed by atoms with E-state index in [9.17, 15) is 9.90 Å². The Morgan fingerprint density at radius 2 is 1.90 bits per heavy atom. The molecule has 0 spiro atoms. The summed E-state index contributed by atoms with van der Waals surface area (Å²) in [5.74, 6) is -0.651. The monoisotopic (exact) mass is 269 g/mol. The molecule has 3 heteroatoms. The maximum atomic E-state index is 11.3.